The highest BCUT2D eigenvalue weighted by atomic mass is 32.2. The van der Waals surface area contributed by atoms with Crippen molar-refractivity contribution in [3.63, 3.8) is 0 Å². The van der Waals surface area contributed by atoms with Crippen molar-refractivity contribution in [3.8, 4) is 11.4 Å². The smallest absolute Gasteiger partial charge is 0.211 e. The lowest BCUT2D eigenvalue weighted by Gasteiger charge is -2.32. The van der Waals surface area contributed by atoms with Crippen molar-refractivity contribution in [2.45, 2.75) is 6.54 Å². The zero-order valence-electron chi connectivity index (χ0n) is 16.5. The number of sulfonamides is 1. The summed E-state index contributed by atoms with van der Waals surface area (Å²) in [5.41, 5.74) is 9.12. The maximum absolute atomic E-state index is 11.7. The SMILES string of the molecule is CS(=O)(=O)N1CCN(Cc2cc3nc(-c4cccc5[nH]ccc45)nc(N)c3s2)CC1. The fraction of sp³-hybridized carbons (Fsp3) is 0.300. The first kappa shape index (κ1) is 19.4. The van der Waals surface area contributed by atoms with E-state index in [2.05, 4.69) is 20.9 Å². The van der Waals surface area contributed by atoms with Crippen molar-refractivity contribution >= 4 is 48.3 Å². The molecule has 1 saturated heterocycles. The molecule has 5 rings (SSSR count). The Morgan fingerprint density at radius 3 is 2.73 bits per heavy atom. The summed E-state index contributed by atoms with van der Waals surface area (Å²) in [6.07, 6.45) is 3.17. The standard InChI is InChI=1S/C20H22N6O2S2/c1-30(27,28)26-9-7-25(8-10-26)12-13-11-17-18(29-13)19(21)24-20(23-17)15-3-2-4-16-14(15)5-6-22-16/h2-6,11,22H,7-10,12H2,1H3,(H2,21,23,24). The van der Waals surface area contributed by atoms with Crippen LogP contribution in [0.1, 0.15) is 4.88 Å². The first-order valence-corrected chi connectivity index (χ1v) is 12.3. The van der Waals surface area contributed by atoms with Crippen LogP contribution in [0.25, 0.3) is 32.5 Å². The van der Waals surface area contributed by atoms with Gasteiger partial charge in [0, 0.05) is 60.3 Å². The molecule has 4 aromatic rings. The van der Waals surface area contributed by atoms with Crippen LogP contribution >= 0.6 is 11.3 Å². The van der Waals surface area contributed by atoms with E-state index in [1.807, 2.05) is 30.5 Å². The number of aromatic amines is 1. The number of nitrogen functional groups attached to an aromatic ring is 1. The number of anilines is 1. The van der Waals surface area contributed by atoms with Crippen LogP contribution in [0, 0.1) is 0 Å². The average Bonchev–Trinajstić information content (AvgIpc) is 3.34. The molecule has 156 valence electrons. The second-order valence-electron chi connectivity index (χ2n) is 7.54. The summed E-state index contributed by atoms with van der Waals surface area (Å²) in [6.45, 7) is 3.22. The number of nitrogens with two attached hydrogens (primary N) is 1. The Kier molecular flexibility index (Phi) is 4.73. The fourth-order valence-electron chi connectivity index (χ4n) is 3.92. The molecule has 4 heterocycles. The van der Waals surface area contributed by atoms with Gasteiger partial charge < -0.3 is 10.7 Å². The van der Waals surface area contributed by atoms with E-state index in [4.69, 9.17) is 10.7 Å². The van der Waals surface area contributed by atoms with Crippen molar-refractivity contribution in [2.75, 3.05) is 38.2 Å². The summed E-state index contributed by atoms with van der Waals surface area (Å²) >= 11 is 1.60. The van der Waals surface area contributed by atoms with E-state index < -0.39 is 10.0 Å². The Balaban J connectivity index is 1.41. The number of nitrogens with one attached hydrogen (secondary N) is 1. The maximum Gasteiger partial charge on any atom is 0.211 e. The highest BCUT2D eigenvalue weighted by Crippen LogP contribution is 2.33. The van der Waals surface area contributed by atoms with Crippen LogP contribution in [-0.4, -0.2) is 65.0 Å². The predicted molar refractivity (Wildman–Crippen MR) is 121 cm³/mol. The Bertz CT molecular complexity index is 1340. The normalized spacial score (nSPS) is 16.6. The summed E-state index contributed by atoms with van der Waals surface area (Å²) in [6, 6.07) is 10.1. The maximum atomic E-state index is 11.7. The van der Waals surface area contributed by atoms with Gasteiger partial charge in [-0.05, 0) is 18.2 Å². The molecular weight excluding hydrogens is 420 g/mol. The van der Waals surface area contributed by atoms with Crippen molar-refractivity contribution < 1.29 is 8.42 Å². The van der Waals surface area contributed by atoms with Crippen LogP contribution in [-0.2, 0) is 16.6 Å². The Hall–Kier alpha value is -2.53. The summed E-state index contributed by atoms with van der Waals surface area (Å²) in [7, 11) is -3.12. The molecule has 8 nitrogen and oxygen atoms in total. The van der Waals surface area contributed by atoms with Crippen LogP contribution in [0.2, 0.25) is 0 Å². The highest BCUT2D eigenvalue weighted by Gasteiger charge is 2.24. The minimum Gasteiger partial charge on any atom is -0.382 e. The number of aromatic nitrogens is 3. The number of piperazine rings is 1. The number of hydrogen-bond acceptors (Lipinski definition) is 7. The molecular formula is C20H22N6O2S2. The highest BCUT2D eigenvalue weighted by molar-refractivity contribution is 7.88. The van der Waals surface area contributed by atoms with Crippen LogP contribution in [0.3, 0.4) is 0 Å². The van der Waals surface area contributed by atoms with Crippen molar-refractivity contribution in [1.82, 2.24) is 24.2 Å². The van der Waals surface area contributed by atoms with Gasteiger partial charge in [0.1, 0.15) is 5.82 Å². The Labute approximate surface area is 178 Å². The molecule has 0 aliphatic carbocycles. The van der Waals surface area contributed by atoms with Gasteiger partial charge in [0.2, 0.25) is 10.0 Å². The lowest BCUT2D eigenvalue weighted by Crippen LogP contribution is -2.47. The molecule has 0 radical (unpaired) electrons. The molecule has 1 aliphatic heterocycles. The second kappa shape index (κ2) is 7.31. The summed E-state index contributed by atoms with van der Waals surface area (Å²) in [4.78, 5) is 16.0. The van der Waals surface area contributed by atoms with E-state index in [1.54, 1.807) is 11.3 Å². The number of benzene rings is 1. The molecule has 1 aromatic carbocycles. The van der Waals surface area contributed by atoms with E-state index in [0.29, 0.717) is 37.8 Å². The summed E-state index contributed by atoms with van der Waals surface area (Å²) < 4.78 is 25.8. The number of nitrogens with zero attached hydrogens (tertiary/aromatic N) is 4. The molecule has 30 heavy (non-hydrogen) atoms. The van der Waals surface area contributed by atoms with E-state index in [1.165, 1.54) is 10.6 Å². The first-order chi connectivity index (χ1) is 14.4. The molecule has 0 spiro atoms. The molecule has 3 N–H and O–H groups in total. The zero-order valence-corrected chi connectivity index (χ0v) is 18.1. The van der Waals surface area contributed by atoms with Crippen LogP contribution in [0.15, 0.2) is 36.5 Å². The third-order valence-corrected chi connectivity index (χ3v) is 7.90. The Morgan fingerprint density at radius 1 is 1.17 bits per heavy atom. The predicted octanol–water partition coefficient (Wildman–Crippen LogP) is 2.50. The molecule has 1 aliphatic rings. The largest absolute Gasteiger partial charge is 0.382 e. The molecule has 1 fully saturated rings. The van der Waals surface area contributed by atoms with Crippen molar-refractivity contribution in [3.05, 3.63) is 41.4 Å². The third kappa shape index (κ3) is 3.56. The minimum absolute atomic E-state index is 0.487. The van der Waals surface area contributed by atoms with Gasteiger partial charge in [-0.2, -0.15) is 4.31 Å². The molecule has 0 amide bonds. The number of rotatable bonds is 4. The number of H-pyrrole nitrogens is 1. The van der Waals surface area contributed by atoms with E-state index in [0.717, 1.165) is 38.1 Å². The van der Waals surface area contributed by atoms with Crippen LogP contribution < -0.4 is 5.73 Å². The van der Waals surface area contributed by atoms with Gasteiger partial charge in [-0.1, -0.05) is 12.1 Å². The van der Waals surface area contributed by atoms with E-state index in [9.17, 15) is 8.42 Å². The zero-order chi connectivity index (χ0) is 20.9. The van der Waals surface area contributed by atoms with E-state index in [-0.39, 0.29) is 0 Å². The molecule has 0 atom stereocenters. The number of thiophene rings is 1. The average molecular weight is 443 g/mol. The molecule has 0 bridgehead atoms. The van der Waals surface area contributed by atoms with Crippen molar-refractivity contribution in [1.29, 1.82) is 0 Å². The minimum atomic E-state index is -3.12. The fourth-order valence-corrected chi connectivity index (χ4v) is 5.79. The Morgan fingerprint density at radius 2 is 1.97 bits per heavy atom. The molecule has 3 aromatic heterocycles. The quantitative estimate of drug-likeness (QED) is 0.503. The molecule has 10 heteroatoms. The van der Waals surface area contributed by atoms with Gasteiger partial charge in [0.05, 0.1) is 16.5 Å². The number of hydrogen-bond donors (Lipinski definition) is 2. The summed E-state index contributed by atoms with van der Waals surface area (Å²) in [5, 5.41) is 1.07. The van der Waals surface area contributed by atoms with Crippen LogP contribution in [0.4, 0.5) is 5.82 Å². The van der Waals surface area contributed by atoms with Gasteiger partial charge in [0.15, 0.2) is 5.82 Å². The van der Waals surface area contributed by atoms with Gasteiger partial charge >= 0.3 is 0 Å². The summed E-state index contributed by atoms with van der Waals surface area (Å²) in [5.74, 6) is 1.11. The van der Waals surface area contributed by atoms with Gasteiger partial charge in [-0.3, -0.25) is 4.90 Å². The van der Waals surface area contributed by atoms with E-state index >= 15 is 0 Å². The monoisotopic (exact) mass is 442 g/mol. The van der Waals surface area contributed by atoms with Crippen LogP contribution in [0.5, 0.6) is 0 Å². The topological polar surface area (TPSA) is 108 Å². The first-order valence-electron chi connectivity index (χ1n) is 9.68. The third-order valence-electron chi connectivity index (χ3n) is 5.46. The van der Waals surface area contributed by atoms with Gasteiger partial charge in [-0.15, -0.1) is 11.3 Å². The molecule has 0 unspecified atom stereocenters. The second-order valence-corrected chi connectivity index (χ2v) is 10.7. The number of fused-ring (bicyclic) bond motifs is 2. The lowest BCUT2D eigenvalue weighted by molar-refractivity contribution is 0.183. The molecule has 0 saturated carbocycles. The van der Waals surface area contributed by atoms with Gasteiger partial charge in [-0.25, -0.2) is 18.4 Å². The lowest BCUT2D eigenvalue weighted by atomic mass is 10.1. The van der Waals surface area contributed by atoms with Crippen molar-refractivity contribution in [2.24, 2.45) is 0 Å². The van der Waals surface area contributed by atoms with Gasteiger partial charge in [0.25, 0.3) is 0 Å².